The molecule has 0 radical (unpaired) electrons. The fourth-order valence-corrected chi connectivity index (χ4v) is 9.80. The predicted molar refractivity (Wildman–Crippen MR) is 203 cm³/mol. The minimum absolute atomic E-state index is 0.00726. The van der Waals surface area contributed by atoms with Crippen LogP contribution in [0.15, 0.2) is 36.5 Å². The van der Waals surface area contributed by atoms with E-state index in [1.807, 2.05) is 19.1 Å². The first kappa shape index (κ1) is 41.5. The van der Waals surface area contributed by atoms with Gasteiger partial charge < -0.3 is 19.1 Å². The number of Topliss-reactive ketones (excluding diaryl/α,β-unsaturated/α-hetero) is 1. The molecule has 56 heavy (non-hydrogen) atoms. The van der Waals surface area contributed by atoms with E-state index in [4.69, 9.17) is 14.2 Å². The molecule has 4 aliphatic rings. The average molecular weight is 802 g/mol. The fraction of sp³-hybridized carbons (Fsp3) is 0.634. The number of carbonyl (C=O) groups excluding carboxylic acids is 4. The number of allylic oxidation sites excluding steroid dienone is 2. The van der Waals surface area contributed by atoms with Crippen LogP contribution in [0.2, 0.25) is 0 Å². The molecule has 3 fully saturated rings. The molecule has 7 atom stereocenters. The van der Waals surface area contributed by atoms with Gasteiger partial charge in [0.25, 0.3) is 0 Å². The number of sulfonamides is 1. The van der Waals surface area contributed by atoms with Gasteiger partial charge in [-0.2, -0.15) is 0 Å². The van der Waals surface area contributed by atoms with Crippen LogP contribution in [0.25, 0.3) is 10.8 Å². The van der Waals surface area contributed by atoms with Crippen LogP contribution in [0.1, 0.15) is 92.4 Å². The molecule has 15 heteroatoms. The monoisotopic (exact) mass is 801 g/mol. The average Bonchev–Trinajstić information content (AvgIpc) is 4.02. The Morgan fingerprint density at radius 3 is 2.52 bits per heavy atom. The molecule has 1 N–H and O–H groups in total. The van der Waals surface area contributed by atoms with E-state index in [0.29, 0.717) is 23.6 Å². The minimum atomic E-state index is -4.36. The zero-order chi connectivity index (χ0) is 40.8. The summed E-state index contributed by atoms with van der Waals surface area (Å²) in [6.45, 7) is 8.01. The van der Waals surface area contributed by atoms with Crippen LogP contribution in [0, 0.1) is 34.9 Å². The number of carbonyl (C=O) groups is 4. The highest BCUT2D eigenvalue weighted by atomic mass is 32.2. The third-order valence-electron chi connectivity index (χ3n) is 11.9. The van der Waals surface area contributed by atoms with Gasteiger partial charge in [0.05, 0.1) is 37.5 Å². The number of methoxy groups -OCH3 is 1. The highest BCUT2D eigenvalue weighted by Crippen LogP contribution is 2.58. The van der Waals surface area contributed by atoms with Gasteiger partial charge in [-0.05, 0) is 101 Å². The number of nitrogens with one attached hydrogen (secondary N) is 1. The maximum absolute atomic E-state index is 14.9. The topological polar surface area (TPSA) is 158 Å². The molecule has 0 bridgehead atoms. The number of rotatable bonds is 9. The Kier molecular flexibility index (Phi) is 11.6. The maximum atomic E-state index is 14.9. The van der Waals surface area contributed by atoms with Crippen molar-refractivity contribution in [2.45, 2.75) is 115 Å². The number of pyridine rings is 1. The summed E-state index contributed by atoms with van der Waals surface area (Å²) in [5.74, 6) is -4.30. The van der Waals surface area contributed by atoms with Crippen LogP contribution in [0.4, 0.5) is 8.78 Å². The Hall–Kier alpha value is -4.14. The molecule has 1 saturated heterocycles. The van der Waals surface area contributed by atoms with Gasteiger partial charge in [0, 0.05) is 24.4 Å². The number of hydrogen-bond acceptors (Lipinski definition) is 10. The van der Waals surface area contributed by atoms with Crippen LogP contribution in [0.5, 0.6) is 11.6 Å². The van der Waals surface area contributed by atoms with E-state index in [1.165, 1.54) is 30.3 Å². The van der Waals surface area contributed by atoms with Gasteiger partial charge >= 0.3 is 5.97 Å². The van der Waals surface area contributed by atoms with Crippen molar-refractivity contribution in [3.8, 4) is 11.6 Å². The van der Waals surface area contributed by atoms with Crippen LogP contribution in [-0.4, -0.2) is 84.7 Å². The SMILES string of the molecule is COc1cc2ccnc(O[C@@H]3C[C@H]4C(=O)C[C@]5(C(=O)NS(=O)(=O)C6(CF)CC6)C[C@H]5/C=C\CC[C@@H](C)C[C@@H](C)[C@H](CC(=O)OC(C)(C)C)C(=O)N4C3)c2cc1F. The van der Waals surface area contributed by atoms with Gasteiger partial charge in [-0.25, -0.2) is 22.2 Å². The number of halogens is 2. The molecule has 1 aromatic carbocycles. The second-order valence-electron chi connectivity index (χ2n) is 17.4. The van der Waals surface area contributed by atoms with E-state index < -0.39 is 85.8 Å². The molecule has 306 valence electrons. The fourth-order valence-electron chi connectivity index (χ4n) is 8.36. The number of ketones is 1. The number of aromatic nitrogens is 1. The molecule has 2 aromatic rings. The van der Waals surface area contributed by atoms with Crippen LogP contribution >= 0.6 is 0 Å². The Labute approximate surface area is 327 Å². The Balaban J connectivity index is 1.36. The van der Waals surface area contributed by atoms with Gasteiger partial charge in [-0.3, -0.25) is 23.9 Å². The Morgan fingerprint density at radius 1 is 1.12 bits per heavy atom. The summed E-state index contributed by atoms with van der Waals surface area (Å²) in [7, 11) is -3.01. The quantitative estimate of drug-likeness (QED) is 0.236. The number of fused-ring (bicyclic) bond motifs is 3. The Bertz CT molecular complexity index is 2010. The molecule has 2 aliphatic carbocycles. The lowest BCUT2D eigenvalue weighted by Crippen LogP contribution is -2.48. The van der Waals surface area contributed by atoms with Crippen molar-refractivity contribution in [3.05, 3.63) is 42.4 Å². The number of amides is 2. The van der Waals surface area contributed by atoms with E-state index in [0.717, 1.165) is 6.42 Å². The molecule has 3 heterocycles. The van der Waals surface area contributed by atoms with E-state index in [-0.39, 0.29) is 68.5 Å². The molecule has 1 aromatic heterocycles. The molecule has 0 unspecified atom stereocenters. The zero-order valence-corrected chi connectivity index (χ0v) is 33.8. The molecule has 2 aliphatic heterocycles. The molecule has 12 nitrogen and oxygen atoms in total. The van der Waals surface area contributed by atoms with E-state index in [9.17, 15) is 36.4 Å². The Morgan fingerprint density at radius 2 is 1.86 bits per heavy atom. The third-order valence-corrected chi connectivity index (χ3v) is 14.0. The molecule has 2 saturated carbocycles. The summed E-state index contributed by atoms with van der Waals surface area (Å²) in [6, 6.07) is 3.32. The van der Waals surface area contributed by atoms with Gasteiger partial charge in [-0.15, -0.1) is 0 Å². The number of esters is 1. The normalized spacial score (nSPS) is 30.0. The van der Waals surface area contributed by atoms with Gasteiger partial charge in [0.1, 0.15) is 23.1 Å². The second-order valence-corrected chi connectivity index (χ2v) is 19.5. The summed E-state index contributed by atoms with van der Waals surface area (Å²) in [4.78, 5) is 62.4. The summed E-state index contributed by atoms with van der Waals surface area (Å²) in [5, 5.41) is 0.939. The lowest BCUT2D eigenvalue weighted by molar-refractivity contribution is -0.160. The van der Waals surface area contributed by atoms with Crippen molar-refractivity contribution in [2.24, 2.45) is 29.1 Å². The molecule has 6 rings (SSSR count). The summed E-state index contributed by atoms with van der Waals surface area (Å²) >= 11 is 0. The van der Waals surface area contributed by atoms with Crippen molar-refractivity contribution in [1.82, 2.24) is 14.6 Å². The van der Waals surface area contributed by atoms with Gasteiger partial charge in [-0.1, -0.05) is 26.0 Å². The number of benzene rings is 1. The highest BCUT2D eigenvalue weighted by molar-refractivity contribution is 7.91. The molecule has 2 amide bonds. The highest BCUT2D eigenvalue weighted by Gasteiger charge is 2.63. The van der Waals surface area contributed by atoms with Crippen LogP contribution < -0.4 is 14.2 Å². The minimum Gasteiger partial charge on any atom is -0.494 e. The summed E-state index contributed by atoms with van der Waals surface area (Å²) < 4.78 is 72.7. The predicted octanol–water partition coefficient (Wildman–Crippen LogP) is 6.00. The van der Waals surface area contributed by atoms with E-state index in [1.54, 1.807) is 26.8 Å². The third kappa shape index (κ3) is 8.57. The number of hydrogen-bond donors (Lipinski definition) is 1. The maximum Gasteiger partial charge on any atom is 0.307 e. The van der Waals surface area contributed by atoms with Crippen molar-refractivity contribution in [1.29, 1.82) is 0 Å². The van der Waals surface area contributed by atoms with Crippen molar-refractivity contribution in [2.75, 3.05) is 20.3 Å². The van der Waals surface area contributed by atoms with E-state index >= 15 is 0 Å². The largest absolute Gasteiger partial charge is 0.494 e. The number of nitrogens with zero attached hydrogens (tertiary/aromatic N) is 2. The van der Waals surface area contributed by atoms with E-state index in [2.05, 4.69) is 16.6 Å². The van der Waals surface area contributed by atoms with Crippen LogP contribution in [0.3, 0.4) is 0 Å². The first-order valence-corrected chi connectivity index (χ1v) is 20.9. The molecule has 0 spiro atoms. The first-order chi connectivity index (χ1) is 26.3. The standard InChI is InChI=1S/C41H53F2N3O9S/c1-24-9-7-8-10-27-20-41(27,38(50)45-56(51,52)40(23-42)12-13-40)21-33(47)32-17-28(54-36-30-18-31(43)34(53-6)16-26(30)11-14-44-36)22-46(32)37(49)29(25(2)15-24)19-35(48)55-39(3,4)5/h8,10-11,14,16,18,24-25,27-29,32H,7,9,12-13,15,17,19-23H2,1-6H3,(H,45,50)/b10-8-/t24-,25-,27-,28-,29+,32+,41-/m1/s1. The number of alkyl halides is 1. The summed E-state index contributed by atoms with van der Waals surface area (Å²) in [6.07, 6.45) is 6.26. The summed E-state index contributed by atoms with van der Waals surface area (Å²) in [5.41, 5.74) is -2.22. The van der Waals surface area contributed by atoms with Gasteiger partial charge in [0.2, 0.25) is 27.7 Å². The molecular weight excluding hydrogens is 749 g/mol. The van der Waals surface area contributed by atoms with Crippen LogP contribution in [-0.2, 0) is 33.9 Å². The number of ether oxygens (including phenoxy) is 3. The van der Waals surface area contributed by atoms with Crippen molar-refractivity contribution < 1.29 is 50.6 Å². The lowest BCUT2D eigenvalue weighted by Gasteiger charge is -2.32. The van der Waals surface area contributed by atoms with Gasteiger partial charge in [0.15, 0.2) is 17.3 Å². The second kappa shape index (κ2) is 15.7. The zero-order valence-electron chi connectivity index (χ0n) is 32.9. The van der Waals surface area contributed by atoms with Crippen molar-refractivity contribution in [3.63, 3.8) is 0 Å². The van der Waals surface area contributed by atoms with Crippen molar-refractivity contribution >= 4 is 44.4 Å². The smallest absolute Gasteiger partial charge is 0.307 e. The lowest BCUT2D eigenvalue weighted by atomic mass is 9.82. The molecular formula is C41H53F2N3O9S. The first-order valence-electron chi connectivity index (χ1n) is 19.5.